The average Bonchev–Trinajstić information content (AvgIpc) is 3.39. The van der Waals surface area contributed by atoms with Crippen LogP contribution in [0.5, 0.6) is 0 Å². The number of pyridine rings is 2. The van der Waals surface area contributed by atoms with E-state index in [4.69, 9.17) is 11.6 Å². The fourth-order valence-electron chi connectivity index (χ4n) is 6.45. The van der Waals surface area contributed by atoms with Crippen LogP contribution in [0.2, 0.25) is 5.02 Å². The molecule has 3 aliphatic rings. The normalized spacial score (nSPS) is 19.9. The molecule has 5 aromatic rings. The number of halogens is 1. The highest BCUT2D eigenvalue weighted by Gasteiger charge is 2.59. The summed E-state index contributed by atoms with van der Waals surface area (Å²) in [7, 11) is 1.76. The van der Waals surface area contributed by atoms with Crippen molar-refractivity contribution >= 4 is 44.7 Å². The van der Waals surface area contributed by atoms with Gasteiger partial charge in [-0.2, -0.15) is 5.26 Å². The van der Waals surface area contributed by atoms with Crippen molar-refractivity contribution in [3.8, 4) is 6.07 Å². The Labute approximate surface area is 254 Å². The molecule has 3 heterocycles. The highest BCUT2D eigenvalue weighted by atomic mass is 35.5. The van der Waals surface area contributed by atoms with Crippen LogP contribution in [0.25, 0.3) is 21.7 Å². The van der Waals surface area contributed by atoms with Crippen molar-refractivity contribution in [3.05, 3.63) is 87.2 Å². The lowest BCUT2D eigenvalue weighted by Crippen LogP contribution is -2.59. The predicted molar refractivity (Wildman–Crippen MR) is 169 cm³/mol. The van der Waals surface area contributed by atoms with Crippen molar-refractivity contribution in [2.45, 2.75) is 51.6 Å². The number of hydrogen-bond donors (Lipinski definition) is 2. The van der Waals surface area contributed by atoms with Gasteiger partial charge in [0.05, 0.1) is 39.6 Å². The van der Waals surface area contributed by atoms with Crippen LogP contribution in [0.1, 0.15) is 62.9 Å². The van der Waals surface area contributed by atoms with Crippen molar-refractivity contribution in [3.63, 3.8) is 0 Å². The Hall–Kier alpha value is -4.42. The van der Waals surface area contributed by atoms with E-state index >= 15 is 0 Å². The number of anilines is 2. The van der Waals surface area contributed by atoms with E-state index in [1.165, 1.54) is 0 Å². The third kappa shape index (κ3) is 4.61. The summed E-state index contributed by atoms with van der Waals surface area (Å²) < 4.78 is 3.62. The van der Waals surface area contributed by atoms with Gasteiger partial charge in [-0.1, -0.05) is 49.7 Å². The highest BCUT2D eigenvalue weighted by Crippen LogP contribution is 2.62. The van der Waals surface area contributed by atoms with Crippen LogP contribution in [-0.2, 0) is 12.6 Å². The molecule has 3 aromatic heterocycles. The molecule has 3 saturated carbocycles. The van der Waals surface area contributed by atoms with Crippen molar-refractivity contribution in [1.82, 2.24) is 24.5 Å². The van der Waals surface area contributed by atoms with E-state index in [2.05, 4.69) is 52.8 Å². The molecule has 9 nitrogen and oxygen atoms in total. The summed E-state index contributed by atoms with van der Waals surface area (Å²) in [5.41, 5.74) is 4.19. The molecule has 3 aliphatic carbocycles. The van der Waals surface area contributed by atoms with Crippen LogP contribution in [0, 0.1) is 22.7 Å². The molecule has 0 saturated heterocycles. The first-order chi connectivity index (χ1) is 20.5. The first-order valence-electron chi connectivity index (χ1n) is 14.6. The van der Waals surface area contributed by atoms with E-state index in [0.717, 1.165) is 52.9 Å². The summed E-state index contributed by atoms with van der Waals surface area (Å²) in [6.45, 7) is 7.07. The fraction of sp³-hybridized carbons (Fsp3) is 0.364. The minimum absolute atomic E-state index is 0.00921. The maximum atomic E-state index is 13.1. The molecule has 10 heteroatoms. The van der Waals surface area contributed by atoms with Gasteiger partial charge in [0.15, 0.2) is 0 Å². The second-order valence-electron chi connectivity index (χ2n) is 13.3. The number of fused-ring (bicyclic) bond motifs is 2. The van der Waals surface area contributed by atoms with Gasteiger partial charge in [-0.15, -0.1) is 5.10 Å². The van der Waals surface area contributed by atoms with E-state index < -0.39 is 6.04 Å². The topological polar surface area (TPSA) is 113 Å². The quantitative estimate of drug-likeness (QED) is 0.226. The summed E-state index contributed by atoms with van der Waals surface area (Å²) in [5.74, 6) is 0.809. The Bertz CT molecular complexity index is 2000. The smallest absolute Gasteiger partial charge is 0.258 e. The molecular weight excluding hydrogens is 560 g/mol. The second kappa shape index (κ2) is 9.81. The molecule has 2 aromatic carbocycles. The van der Waals surface area contributed by atoms with Crippen LogP contribution in [-0.4, -0.2) is 31.1 Å². The van der Waals surface area contributed by atoms with Crippen molar-refractivity contribution < 1.29 is 0 Å². The van der Waals surface area contributed by atoms with Gasteiger partial charge in [-0.3, -0.25) is 9.78 Å². The maximum Gasteiger partial charge on any atom is 0.258 e. The van der Waals surface area contributed by atoms with Gasteiger partial charge < -0.3 is 15.2 Å². The minimum atomic E-state index is -0.427. The number of benzene rings is 2. The number of aryl methyl sites for hydroxylation is 1. The third-order valence-corrected chi connectivity index (χ3v) is 9.21. The van der Waals surface area contributed by atoms with E-state index in [1.54, 1.807) is 24.0 Å². The zero-order chi connectivity index (χ0) is 30.1. The molecule has 0 radical (unpaired) electrons. The first-order valence-corrected chi connectivity index (χ1v) is 15.0. The van der Waals surface area contributed by atoms with Crippen LogP contribution in [0.4, 0.5) is 11.4 Å². The molecule has 2 bridgehead atoms. The number of nitriles is 1. The SMILES string of the molecule is Cn1ccc2c(C(Nc3cc(Cl)c4ncc(C#N)c(NCC(C)(C)C)c4c3)c3cn(C45CC(C4)C5)nn3)cccc2c1=O. The summed E-state index contributed by atoms with van der Waals surface area (Å²) >= 11 is 6.83. The number of nitrogens with one attached hydrogen (secondary N) is 2. The largest absolute Gasteiger partial charge is 0.383 e. The zero-order valence-corrected chi connectivity index (χ0v) is 25.4. The maximum absolute atomic E-state index is 13.1. The number of hydrogen-bond acceptors (Lipinski definition) is 7. The fourth-order valence-corrected chi connectivity index (χ4v) is 6.72. The predicted octanol–water partition coefficient (Wildman–Crippen LogP) is 6.37. The van der Waals surface area contributed by atoms with Gasteiger partial charge in [0.25, 0.3) is 5.56 Å². The zero-order valence-electron chi connectivity index (χ0n) is 24.6. The molecule has 8 rings (SSSR count). The molecule has 2 N–H and O–H groups in total. The van der Waals surface area contributed by atoms with Crippen LogP contribution in [0.15, 0.2) is 59.8 Å². The highest BCUT2D eigenvalue weighted by molar-refractivity contribution is 6.35. The second-order valence-corrected chi connectivity index (χ2v) is 13.7. The molecular formula is C33H33ClN8O. The number of rotatable bonds is 7. The van der Waals surface area contributed by atoms with Crippen LogP contribution < -0.4 is 16.2 Å². The summed E-state index contributed by atoms with van der Waals surface area (Å²) in [5, 5.41) is 29.0. The molecule has 3 fully saturated rings. The molecule has 0 amide bonds. The molecule has 1 unspecified atom stereocenters. The van der Waals surface area contributed by atoms with E-state index in [1.807, 2.05) is 47.3 Å². The van der Waals surface area contributed by atoms with E-state index in [-0.39, 0.29) is 16.5 Å². The molecule has 0 spiro atoms. The minimum Gasteiger partial charge on any atom is -0.383 e. The number of nitrogens with zero attached hydrogens (tertiary/aromatic N) is 6. The lowest BCUT2D eigenvalue weighted by Gasteiger charge is -2.61. The molecule has 0 aliphatic heterocycles. The number of aromatic nitrogens is 5. The van der Waals surface area contributed by atoms with E-state index in [9.17, 15) is 10.1 Å². The van der Waals surface area contributed by atoms with Gasteiger partial charge in [0.1, 0.15) is 11.8 Å². The third-order valence-electron chi connectivity index (χ3n) is 8.92. The Balaban J connectivity index is 1.37. The summed E-state index contributed by atoms with van der Waals surface area (Å²) in [6.07, 6.45) is 8.85. The standard InChI is InChI=1S/C33H33ClN8O/c1-32(2,3)18-37-28-20(15-35)16-36-29-25(28)10-21(11-26(29)34)38-30(27-17-42(40-39-27)33-12-19(13-33)14-33)23-6-5-7-24-22(23)8-9-41(4)31(24)43/h5-11,16-17,19,30,38H,12-14,18H2,1-4H3,(H,36,37). The lowest BCUT2D eigenvalue weighted by atomic mass is 9.50. The monoisotopic (exact) mass is 592 g/mol. The molecule has 1 atom stereocenters. The average molecular weight is 593 g/mol. The Morgan fingerprint density at radius 1 is 1.16 bits per heavy atom. The van der Waals surface area contributed by atoms with Crippen molar-refractivity contribution in [2.24, 2.45) is 18.4 Å². The van der Waals surface area contributed by atoms with Gasteiger partial charge in [0.2, 0.25) is 0 Å². The lowest BCUT2D eigenvalue weighted by molar-refractivity contribution is -0.0989. The van der Waals surface area contributed by atoms with Crippen LogP contribution >= 0.6 is 11.6 Å². The molecule has 43 heavy (non-hydrogen) atoms. The molecule has 218 valence electrons. The van der Waals surface area contributed by atoms with E-state index in [0.29, 0.717) is 33.7 Å². The summed E-state index contributed by atoms with van der Waals surface area (Å²) in [4.78, 5) is 17.6. The van der Waals surface area contributed by atoms with Crippen LogP contribution in [0.3, 0.4) is 0 Å². The Morgan fingerprint density at radius 2 is 1.95 bits per heavy atom. The Morgan fingerprint density at radius 3 is 2.65 bits per heavy atom. The first kappa shape index (κ1) is 27.4. The summed E-state index contributed by atoms with van der Waals surface area (Å²) in [6, 6.07) is 13.4. The van der Waals surface area contributed by atoms with Gasteiger partial charge in [0, 0.05) is 42.4 Å². The van der Waals surface area contributed by atoms with Gasteiger partial charge in [-0.25, -0.2) is 4.68 Å². The van der Waals surface area contributed by atoms with Gasteiger partial charge >= 0.3 is 0 Å². The van der Waals surface area contributed by atoms with Crippen molar-refractivity contribution in [1.29, 1.82) is 5.26 Å². The Kier molecular flexibility index (Phi) is 6.26. The van der Waals surface area contributed by atoms with Gasteiger partial charge in [-0.05, 0) is 65.8 Å². The van der Waals surface area contributed by atoms with Crippen molar-refractivity contribution in [2.75, 3.05) is 17.2 Å².